The molecule has 0 spiro atoms. The number of nitrogens with zero attached hydrogens (tertiary/aromatic N) is 1. The highest BCUT2D eigenvalue weighted by Gasteiger charge is 2.26. The van der Waals surface area contributed by atoms with Crippen LogP contribution in [0.2, 0.25) is 0 Å². The van der Waals surface area contributed by atoms with E-state index in [9.17, 15) is 4.79 Å². The second-order valence-corrected chi connectivity index (χ2v) is 3.27. The Kier molecular flexibility index (Phi) is 2.00. The number of hydrogen-bond donors (Lipinski definition) is 0. The SMILES string of the molecule is Cc1cccc(C(=O)OC2CC2)n1. The summed E-state index contributed by atoms with van der Waals surface area (Å²) in [6.45, 7) is 1.86. The zero-order valence-electron chi connectivity index (χ0n) is 7.49. The highest BCUT2D eigenvalue weighted by Crippen LogP contribution is 2.24. The van der Waals surface area contributed by atoms with Crippen molar-refractivity contribution in [2.75, 3.05) is 0 Å². The molecular formula is C10H11NO2. The van der Waals surface area contributed by atoms with Gasteiger partial charge in [0.25, 0.3) is 0 Å². The summed E-state index contributed by atoms with van der Waals surface area (Å²) in [5.41, 5.74) is 1.25. The van der Waals surface area contributed by atoms with Crippen molar-refractivity contribution >= 4 is 5.97 Å². The molecule has 3 nitrogen and oxygen atoms in total. The maximum atomic E-state index is 11.4. The second-order valence-electron chi connectivity index (χ2n) is 3.27. The number of hydrogen-bond acceptors (Lipinski definition) is 3. The predicted octanol–water partition coefficient (Wildman–Crippen LogP) is 1.71. The molecule has 1 fully saturated rings. The van der Waals surface area contributed by atoms with Crippen LogP contribution in [0.3, 0.4) is 0 Å². The normalized spacial score (nSPS) is 15.5. The number of aromatic nitrogens is 1. The fourth-order valence-corrected chi connectivity index (χ4v) is 1.05. The van der Waals surface area contributed by atoms with Gasteiger partial charge in [0.2, 0.25) is 0 Å². The average molecular weight is 177 g/mol. The molecule has 3 heteroatoms. The van der Waals surface area contributed by atoms with Crippen molar-refractivity contribution in [2.45, 2.75) is 25.9 Å². The number of rotatable bonds is 2. The summed E-state index contributed by atoms with van der Waals surface area (Å²) in [7, 11) is 0. The largest absolute Gasteiger partial charge is 0.458 e. The highest BCUT2D eigenvalue weighted by atomic mass is 16.5. The van der Waals surface area contributed by atoms with Gasteiger partial charge >= 0.3 is 5.97 Å². The lowest BCUT2D eigenvalue weighted by Gasteiger charge is -2.01. The molecule has 1 saturated carbocycles. The molecule has 1 aliphatic rings. The minimum Gasteiger partial charge on any atom is -0.458 e. The molecule has 0 unspecified atom stereocenters. The number of carbonyl (C=O) groups is 1. The van der Waals surface area contributed by atoms with Gasteiger partial charge in [-0.05, 0) is 31.9 Å². The van der Waals surface area contributed by atoms with Crippen molar-refractivity contribution in [3.05, 3.63) is 29.6 Å². The van der Waals surface area contributed by atoms with E-state index in [2.05, 4.69) is 4.98 Å². The molecule has 68 valence electrons. The smallest absolute Gasteiger partial charge is 0.357 e. The Morgan fingerprint density at radius 1 is 1.54 bits per heavy atom. The van der Waals surface area contributed by atoms with E-state index in [-0.39, 0.29) is 12.1 Å². The number of aryl methyl sites for hydroxylation is 1. The molecule has 13 heavy (non-hydrogen) atoms. The molecular weight excluding hydrogens is 166 g/mol. The topological polar surface area (TPSA) is 39.2 Å². The predicted molar refractivity (Wildman–Crippen MR) is 47.4 cm³/mol. The Balaban J connectivity index is 2.09. The van der Waals surface area contributed by atoms with Gasteiger partial charge in [0.15, 0.2) is 0 Å². The Morgan fingerprint density at radius 3 is 2.92 bits per heavy atom. The number of ether oxygens (including phenoxy) is 1. The molecule has 2 rings (SSSR count). The van der Waals surface area contributed by atoms with Gasteiger partial charge in [-0.2, -0.15) is 0 Å². The Labute approximate surface area is 76.7 Å². The van der Waals surface area contributed by atoms with Crippen LogP contribution in [0.15, 0.2) is 18.2 Å². The van der Waals surface area contributed by atoms with Gasteiger partial charge in [-0.25, -0.2) is 9.78 Å². The Hall–Kier alpha value is -1.38. The molecule has 0 N–H and O–H groups in total. The van der Waals surface area contributed by atoms with Gasteiger partial charge in [0.05, 0.1) is 0 Å². The van der Waals surface area contributed by atoms with E-state index in [1.807, 2.05) is 19.1 Å². The molecule has 0 aliphatic heterocycles. The first-order valence-electron chi connectivity index (χ1n) is 4.40. The van der Waals surface area contributed by atoms with Gasteiger partial charge in [0.1, 0.15) is 11.8 Å². The molecule has 0 aromatic carbocycles. The van der Waals surface area contributed by atoms with Gasteiger partial charge in [-0.3, -0.25) is 0 Å². The molecule has 0 radical (unpaired) electrons. The molecule has 0 atom stereocenters. The molecule has 1 aromatic rings. The monoisotopic (exact) mass is 177 g/mol. The van der Waals surface area contributed by atoms with E-state index >= 15 is 0 Å². The van der Waals surface area contributed by atoms with Crippen molar-refractivity contribution < 1.29 is 9.53 Å². The van der Waals surface area contributed by atoms with Crippen molar-refractivity contribution in [3.8, 4) is 0 Å². The minimum atomic E-state index is -0.300. The van der Waals surface area contributed by atoms with E-state index in [1.165, 1.54) is 0 Å². The third kappa shape index (κ3) is 2.05. The van der Waals surface area contributed by atoms with E-state index in [4.69, 9.17) is 4.74 Å². The summed E-state index contributed by atoms with van der Waals surface area (Å²) in [6, 6.07) is 5.34. The minimum absolute atomic E-state index is 0.148. The standard InChI is InChI=1S/C10H11NO2/c1-7-3-2-4-9(11-7)10(12)13-8-5-6-8/h2-4,8H,5-6H2,1H3. The molecule has 1 aliphatic carbocycles. The first-order chi connectivity index (χ1) is 6.25. The van der Waals surface area contributed by atoms with Crippen molar-refractivity contribution in [2.24, 2.45) is 0 Å². The van der Waals surface area contributed by atoms with Crippen LogP contribution >= 0.6 is 0 Å². The maximum absolute atomic E-state index is 11.4. The summed E-state index contributed by atoms with van der Waals surface area (Å²) < 4.78 is 5.10. The van der Waals surface area contributed by atoms with E-state index in [0.717, 1.165) is 18.5 Å². The average Bonchev–Trinajstić information content (AvgIpc) is 2.88. The first-order valence-corrected chi connectivity index (χ1v) is 4.40. The number of carbonyl (C=O) groups excluding carboxylic acids is 1. The van der Waals surface area contributed by atoms with Gasteiger partial charge in [-0.1, -0.05) is 6.07 Å². The van der Waals surface area contributed by atoms with E-state index in [1.54, 1.807) is 6.07 Å². The van der Waals surface area contributed by atoms with Gasteiger partial charge in [-0.15, -0.1) is 0 Å². The summed E-state index contributed by atoms with van der Waals surface area (Å²) in [5, 5.41) is 0. The van der Waals surface area contributed by atoms with Crippen LogP contribution < -0.4 is 0 Å². The first kappa shape index (κ1) is 8.23. The van der Waals surface area contributed by atoms with E-state index in [0.29, 0.717) is 5.69 Å². The molecule has 1 aromatic heterocycles. The third-order valence-electron chi connectivity index (χ3n) is 1.90. The summed E-state index contributed by atoms with van der Waals surface area (Å²) >= 11 is 0. The second kappa shape index (κ2) is 3.17. The summed E-state index contributed by atoms with van der Waals surface area (Å²) in [6.07, 6.45) is 2.14. The van der Waals surface area contributed by atoms with Crippen LogP contribution in [-0.2, 0) is 4.74 Å². The molecule has 1 heterocycles. The van der Waals surface area contributed by atoms with Crippen LogP contribution in [0.1, 0.15) is 29.0 Å². The lowest BCUT2D eigenvalue weighted by molar-refractivity contribution is 0.0465. The zero-order chi connectivity index (χ0) is 9.26. The highest BCUT2D eigenvalue weighted by molar-refractivity contribution is 5.87. The number of pyridine rings is 1. The van der Waals surface area contributed by atoms with Crippen LogP contribution in [0.4, 0.5) is 0 Å². The molecule has 0 saturated heterocycles. The van der Waals surface area contributed by atoms with Crippen LogP contribution in [0, 0.1) is 6.92 Å². The fraction of sp³-hybridized carbons (Fsp3) is 0.400. The Morgan fingerprint density at radius 2 is 2.31 bits per heavy atom. The van der Waals surface area contributed by atoms with E-state index < -0.39 is 0 Å². The maximum Gasteiger partial charge on any atom is 0.357 e. The van der Waals surface area contributed by atoms with Crippen molar-refractivity contribution in [1.29, 1.82) is 0 Å². The van der Waals surface area contributed by atoms with Crippen LogP contribution in [0.25, 0.3) is 0 Å². The number of esters is 1. The quantitative estimate of drug-likeness (QED) is 0.645. The van der Waals surface area contributed by atoms with Crippen LogP contribution in [-0.4, -0.2) is 17.1 Å². The van der Waals surface area contributed by atoms with Crippen molar-refractivity contribution in [1.82, 2.24) is 4.98 Å². The lowest BCUT2D eigenvalue weighted by atomic mass is 10.3. The fourth-order valence-electron chi connectivity index (χ4n) is 1.05. The third-order valence-corrected chi connectivity index (χ3v) is 1.90. The van der Waals surface area contributed by atoms with Gasteiger partial charge < -0.3 is 4.74 Å². The van der Waals surface area contributed by atoms with Crippen molar-refractivity contribution in [3.63, 3.8) is 0 Å². The summed E-state index contributed by atoms with van der Waals surface area (Å²) in [4.78, 5) is 15.4. The molecule has 0 bridgehead atoms. The Bertz CT molecular complexity index is 331. The zero-order valence-corrected chi connectivity index (χ0v) is 7.49. The molecule has 0 amide bonds. The van der Waals surface area contributed by atoms with Crippen LogP contribution in [0.5, 0.6) is 0 Å². The summed E-state index contributed by atoms with van der Waals surface area (Å²) in [5.74, 6) is -0.300. The van der Waals surface area contributed by atoms with Gasteiger partial charge in [0, 0.05) is 5.69 Å². The lowest BCUT2D eigenvalue weighted by Crippen LogP contribution is -2.08.